The first-order valence-corrected chi connectivity index (χ1v) is 30.0. The molecule has 0 radical (unpaired) electrons. The van der Waals surface area contributed by atoms with E-state index in [1.54, 1.807) is 27.7 Å². The smallest absolute Gasteiger partial charge is 0.505 e. The number of nitrogens with zero attached hydrogens (tertiary/aromatic N) is 8. The summed E-state index contributed by atoms with van der Waals surface area (Å²) < 4.78 is 8.11. The topological polar surface area (TPSA) is 134 Å². The fourth-order valence-electron chi connectivity index (χ4n) is 11.4. The Hall–Kier alpha value is -7.69. The molecule has 0 atom stereocenters. The number of ketones is 2. The third-order valence-corrected chi connectivity index (χ3v) is 17.9. The maximum absolute atomic E-state index is 13.3. The number of nitroso groups, excluding NO2 is 1. The Morgan fingerprint density at radius 2 is 0.814 bits per heavy atom. The Bertz CT molecular complexity index is 3640. The summed E-state index contributed by atoms with van der Waals surface area (Å²) in [7, 11) is -1.61. The van der Waals surface area contributed by atoms with Crippen LogP contribution in [0.2, 0.25) is 0 Å². The number of carbonyl (C=O) groups is 2. The van der Waals surface area contributed by atoms with Gasteiger partial charge in [0, 0.05) is 74.3 Å². The summed E-state index contributed by atoms with van der Waals surface area (Å²) >= 11 is 0. The first kappa shape index (κ1) is 65.8. The van der Waals surface area contributed by atoms with E-state index >= 15 is 0 Å². The van der Waals surface area contributed by atoms with Gasteiger partial charge in [0.2, 0.25) is 17.1 Å². The SMILES string of the molecule is Cc1c(C)c(C2=[N+]([O-])C(C)(C)C(C)(C)[N+]2=O)c(C)c(C)c1C1=CC(=O)C(=O)C(C(C)(C)C)=C1.Cc1cc(-c2ccc(C(C)C)cc2)nn1[BH-](n1nc(-c2ccc(C(C)C)cc2)cc1C)n1nc(-c2ccc(C(C)C)cc2)cc1C.[Zn].c1ccccc1. The molecular formula is C72H87BN8O4Zn. The Morgan fingerprint density at radius 1 is 0.500 bits per heavy atom. The number of hydroxylamine groups is 1. The maximum atomic E-state index is 13.3. The zero-order chi connectivity index (χ0) is 62.4. The molecular weight excluding hydrogens is 1120 g/mol. The number of hydrogen-bond acceptors (Lipinski definition) is 7. The second-order valence-electron chi connectivity index (χ2n) is 26.3. The van der Waals surface area contributed by atoms with E-state index in [9.17, 15) is 19.7 Å². The van der Waals surface area contributed by atoms with E-state index in [0.717, 1.165) is 88.2 Å². The van der Waals surface area contributed by atoms with Gasteiger partial charge < -0.3 is 19.0 Å². The Kier molecular flexibility index (Phi) is 19.7. The molecule has 86 heavy (non-hydrogen) atoms. The number of aryl methyl sites for hydroxylation is 3. The molecule has 12 nitrogen and oxygen atoms in total. The largest absolute Gasteiger partial charge is 0.618 e. The summed E-state index contributed by atoms with van der Waals surface area (Å²) in [5, 5.41) is 29.1. The number of allylic oxidation sites excluding steroid dienone is 4. The summed E-state index contributed by atoms with van der Waals surface area (Å²) in [6, 6.07) is 44.9. The van der Waals surface area contributed by atoms with Gasteiger partial charge in [0.1, 0.15) is 10.3 Å². The molecule has 0 bridgehead atoms. The Labute approximate surface area is 523 Å². The van der Waals surface area contributed by atoms with Gasteiger partial charge in [-0.2, -0.15) is 0 Å². The molecule has 14 heteroatoms. The van der Waals surface area contributed by atoms with Crippen molar-refractivity contribution in [1.29, 1.82) is 0 Å². The molecule has 0 N–H and O–H groups in total. The van der Waals surface area contributed by atoms with E-state index in [1.165, 1.54) is 22.8 Å². The van der Waals surface area contributed by atoms with Crippen LogP contribution in [0.15, 0.2) is 145 Å². The van der Waals surface area contributed by atoms with Crippen molar-refractivity contribution in [3.05, 3.63) is 222 Å². The molecule has 3 aromatic heterocycles. The van der Waals surface area contributed by atoms with Crippen LogP contribution in [0, 0.1) is 64.0 Å². The molecule has 10 rings (SSSR count). The van der Waals surface area contributed by atoms with Crippen LogP contribution in [-0.4, -0.2) is 74.2 Å². The molecule has 1 aliphatic carbocycles. The molecule has 4 heterocycles. The summed E-state index contributed by atoms with van der Waals surface area (Å²) in [6.45, 7) is 40.3. The predicted molar refractivity (Wildman–Crippen MR) is 350 cm³/mol. The number of benzene rings is 5. The number of carbonyl (C=O) groups excluding carboxylic acids is 2. The molecule has 1 aliphatic heterocycles. The minimum Gasteiger partial charge on any atom is -0.618 e. The van der Waals surface area contributed by atoms with E-state index in [4.69, 9.17) is 15.3 Å². The minimum absolute atomic E-state index is 0. The first-order valence-electron chi connectivity index (χ1n) is 30.0. The van der Waals surface area contributed by atoms with Crippen molar-refractivity contribution >= 4 is 30.1 Å². The molecule has 444 valence electrons. The molecule has 0 spiro atoms. The quantitative estimate of drug-likeness (QED) is 0.0414. The van der Waals surface area contributed by atoms with Gasteiger partial charge in [-0.3, -0.25) is 9.59 Å². The van der Waals surface area contributed by atoms with Crippen LogP contribution in [0.3, 0.4) is 0 Å². The third-order valence-electron chi connectivity index (χ3n) is 17.9. The predicted octanol–water partition coefficient (Wildman–Crippen LogP) is 16.0. The van der Waals surface area contributed by atoms with Crippen LogP contribution < -0.4 is 0 Å². The van der Waals surface area contributed by atoms with Crippen molar-refractivity contribution < 1.29 is 38.6 Å². The fourth-order valence-corrected chi connectivity index (χ4v) is 11.4. The minimum atomic E-state index is -1.61. The van der Waals surface area contributed by atoms with Gasteiger partial charge >= 0.3 is 13.0 Å². The van der Waals surface area contributed by atoms with Crippen LogP contribution in [-0.2, 0) is 29.1 Å². The summed E-state index contributed by atoms with van der Waals surface area (Å²) in [4.78, 5) is 38.4. The van der Waals surface area contributed by atoms with Gasteiger partial charge in [-0.15, -0.1) is 4.74 Å². The monoisotopic (exact) mass is 1200 g/mol. The summed E-state index contributed by atoms with van der Waals surface area (Å²) in [5.41, 5.74) is 17.1. The van der Waals surface area contributed by atoms with Crippen molar-refractivity contribution in [1.82, 2.24) is 29.1 Å². The molecule has 8 aromatic rings. The van der Waals surface area contributed by atoms with Gasteiger partial charge in [-0.25, -0.2) is 15.3 Å². The standard InChI is InChI=1S/C39H46BN6.C27H35N2O4.C6H6.Zn/c1-25(2)31-10-16-34(17-11-31)37-22-28(7)44(41-37)40(45-29(8)23-38(42-45)35-18-12-32(13-19-35)26(3)4)46-30(9)24-39(43-46)36-20-14-33(15-21-36)27(5)6;1-14-16(3)22(24-28(32)26(8,9)27(10,11)29(24)33)17(4)15(2)21(14)18-12-19(25(5,6)7)23(31)20(30)13-18;1-2-4-6-5-3-1;/h10-27,40H,1-9H3;12-13H,1-11H3;1-6H;/q-1;+1;;. The van der Waals surface area contributed by atoms with Crippen LogP contribution >= 0.6 is 0 Å². The van der Waals surface area contributed by atoms with Crippen molar-refractivity contribution in [2.45, 2.75) is 167 Å². The van der Waals surface area contributed by atoms with Crippen molar-refractivity contribution in [3.63, 3.8) is 0 Å². The Morgan fingerprint density at radius 3 is 1.09 bits per heavy atom. The zero-order valence-corrected chi connectivity index (χ0v) is 57.6. The first-order chi connectivity index (χ1) is 39.9. The van der Waals surface area contributed by atoms with Crippen molar-refractivity contribution in [2.75, 3.05) is 0 Å². The van der Waals surface area contributed by atoms with E-state index in [0.29, 0.717) is 34.5 Å². The fraction of sp³-hybridized carbons (Fsp3) is 0.361. The Balaban J connectivity index is 0.000000231. The normalized spacial score (nSPS) is 14.8. The average molecular weight is 1200 g/mol. The van der Waals surface area contributed by atoms with Crippen LogP contribution in [0.4, 0.5) is 0 Å². The molecule has 0 amide bonds. The number of Topliss-reactive ketones (excluding diaryl/α,β-unsaturated/α-hetero) is 1. The van der Waals surface area contributed by atoms with Crippen LogP contribution in [0.5, 0.6) is 0 Å². The van der Waals surface area contributed by atoms with Crippen LogP contribution in [0.1, 0.15) is 175 Å². The van der Waals surface area contributed by atoms with Gasteiger partial charge in [0.25, 0.3) is 5.54 Å². The second kappa shape index (κ2) is 25.7. The van der Waals surface area contributed by atoms with Crippen LogP contribution in [0.25, 0.3) is 39.3 Å². The molecule has 0 fully saturated rings. The van der Waals surface area contributed by atoms with Crippen molar-refractivity contribution in [2.24, 2.45) is 5.41 Å². The average Bonchev–Trinajstić information content (AvgIpc) is 1.59. The summed E-state index contributed by atoms with van der Waals surface area (Å²) in [5.74, 6) is 0.577. The number of amidine groups is 1. The number of aromatic nitrogens is 6. The zero-order valence-electron chi connectivity index (χ0n) is 54.6. The van der Waals surface area contributed by atoms with Gasteiger partial charge in [-0.05, 0) is 169 Å². The number of hydrogen-bond donors (Lipinski definition) is 0. The second-order valence-corrected chi connectivity index (χ2v) is 26.3. The van der Waals surface area contributed by atoms with E-state index in [1.807, 2.05) is 90.9 Å². The molecule has 0 saturated heterocycles. The molecule has 5 aromatic carbocycles. The van der Waals surface area contributed by atoms with E-state index in [2.05, 4.69) is 167 Å². The van der Waals surface area contributed by atoms with Gasteiger partial charge in [0.05, 0.1) is 17.1 Å². The van der Waals surface area contributed by atoms with E-state index in [-0.39, 0.29) is 25.3 Å². The third kappa shape index (κ3) is 12.9. The van der Waals surface area contributed by atoms with Gasteiger partial charge in [-0.1, -0.05) is 172 Å². The number of rotatable bonds is 11. The maximum Gasteiger partial charge on any atom is 0.505 e. The summed E-state index contributed by atoms with van der Waals surface area (Å²) in [6.07, 6.45) is 3.21. The van der Waals surface area contributed by atoms with E-state index < -0.39 is 35.2 Å². The van der Waals surface area contributed by atoms with Crippen molar-refractivity contribution in [3.8, 4) is 33.8 Å². The molecule has 2 aliphatic rings. The molecule has 0 saturated carbocycles. The molecule has 0 unspecified atom stereocenters. The van der Waals surface area contributed by atoms with Gasteiger partial charge in [0.15, 0.2) is 0 Å².